The molecule has 20 nitrogen and oxygen atoms in total. The predicted molar refractivity (Wildman–Crippen MR) is 409 cm³/mol. The van der Waals surface area contributed by atoms with Crippen molar-refractivity contribution < 1.29 is 92.4 Å². The molecule has 5 fully saturated rings. The van der Waals surface area contributed by atoms with Gasteiger partial charge in [-0.2, -0.15) is 0 Å². The first-order chi connectivity index (χ1) is 47.3. The molecule has 4 aliphatic heterocycles. The number of benzene rings is 4. The number of carbonyl (C=O) groups is 3. The third-order valence-electron chi connectivity index (χ3n) is 15.9. The summed E-state index contributed by atoms with van der Waals surface area (Å²) < 4.78 is 44.9. The number of phenolic OH excluding ortho intramolecular Hbond substituents is 1. The average molecular weight is 1540 g/mol. The van der Waals surface area contributed by atoms with Crippen molar-refractivity contribution in [2.45, 2.75) is 174 Å². The van der Waals surface area contributed by atoms with Gasteiger partial charge < -0.3 is 71.0 Å². The summed E-state index contributed by atoms with van der Waals surface area (Å²) in [5.74, 6) is 3.51. The number of hydrogen-bond acceptors (Lipinski definition) is 19. The van der Waals surface area contributed by atoms with Gasteiger partial charge in [0.2, 0.25) is 0 Å². The van der Waals surface area contributed by atoms with E-state index in [1.165, 1.54) is 45.2 Å². The number of rotatable bonds is 12. The van der Waals surface area contributed by atoms with Gasteiger partial charge in [-0.3, -0.25) is 14.9 Å². The van der Waals surface area contributed by atoms with Gasteiger partial charge in [-0.05, 0) is 140 Å². The number of phenols is 1. The van der Waals surface area contributed by atoms with E-state index in [9.17, 15) is 14.4 Å². The maximum atomic E-state index is 12.3. The molecule has 4 aromatic heterocycles. The molecule has 8 heterocycles. The topological polar surface area (TPSA) is 301 Å². The van der Waals surface area contributed by atoms with Crippen molar-refractivity contribution in [2.75, 3.05) is 63.5 Å². The Hall–Kier alpha value is -6.32. The number of carbonyl (C=O) groups excluding carboxylic acids is 3. The molecule has 5 aliphatic rings. The van der Waals surface area contributed by atoms with E-state index < -0.39 is 6.09 Å². The number of pyridine rings is 2. The smallest absolute Gasteiger partial charge is 0.870 e. The van der Waals surface area contributed by atoms with Crippen LogP contribution >= 0.6 is 50.2 Å². The number of alkyl carbamates (subject to hydrolysis) is 1. The summed E-state index contributed by atoms with van der Waals surface area (Å²) in [6.07, 6.45) is 10.9. The molecule has 0 spiro atoms. The van der Waals surface area contributed by atoms with Gasteiger partial charge >= 0.3 is 47.8 Å². The maximum absolute atomic E-state index is 12.3. The number of hydrogen-bond donors (Lipinski definition) is 5. The number of nitrogens with one attached hydrogen (secondary N) is 1. The molecule has 4 aromatic carbocycles. The van der Waals surface area contributed by atoms with Gasteiger partial charge in [-0.1, -0.05) is 144 Å². The van der Waals surface area contributed by atoms with Crippen LogP contribution in [0.1, 0.15) is 138 Å². The molecule has 25 heteroatoms. The molecule has 0 bridgehead atoms. The van der Waals surface area contributed by atoms with Crippen molar-refractivity contribution in [3.63, 3.8) is 0 Å². The number of halogens is 2. The number of thiophene rings is 2. The summed E-state index contributed by atoms with van der Waals surface area (Å²) in [6, 6.07) is 36.3. The zero-order valence-electron chi connectivity index (χ0n) is 61.5. The molecule has 0 radical (unpaired) electrons. The number of anilines is 1. The second-order valence-corrected chi connectivity index (χ2v) is 31.4. The van der Waals surface area contributed by atoms with Gasteiger partial charge in [-0.15, -0.1) is 34.3 Å². The third kappa shape index (κ3) is 31.6. The molecule has 9 N–H and O–H groups in total. The summed E-state index contributed by atoms with van der Waals surface area (Å²) in [6.45, 7) is 32.3. The van der Waals surface area contributed by atoms with E-state index in [1.54, 1.807) is 59.0 Å². The number of primary amides is 1. The zero-order valence-corrected chi connectivity index (χ0v) is 67.5. The second kappa shape index (κ2) is 42.6. The average Bonchev–Trinajstić information content (AvgIpc) is 1.63. The molecule has 0 unspecified atom stereocenters. The van der Waals surface area contributed by atoms with E-state index in [2.05, 4.69) is 167 Å². The molecule has 102 heavy (non-hydrogen) atoms. The molecule has 1 saturated carbocycles. The molecule has 13 rings (SSSR count). The van der Waals surface area contributed by atoms with Crippen LogP contribution < -0.4 is 71.2 Å². The van der Waals surface area contributed by atoms with E-state index in [-0.39, 0.29) is 93.2 Å². The zero-order chi connectivity index (χ0) is 73.2. The molecular weight excluding hydrogens is 1430 g/mol. The van der Waals surface area contributed by atoms with Gasteiger partial charge in [0.15, 0.2) is 12.2 Å². The first kappa shape index (κ1) is 88.1. The summed E-state index contributed by atoms with van der Waals surface area (Å²) in [7, 11) is 0. The second-order valence-electron chi connectivity index (χ2n) is 28.5. The van der Waals surface area contributed by atoms with E-state index in [0.29, 0.717) is 63.4 Å². The van der Waals surface area contributed by atoms with Crippen molar-refractivity contribution in [1.29, 1.82) is 0 Å². The summed E-state index contributed by atoms with van der Waals surface area (Å²) in [4.78, 5) is 42.6. The number of aromatic nitrogens is 2. The molecule has 552 valence electrons. The van der Waals surface area contributed by atoms with Crippen molar-refractivity contribution in [3.8, 4) is 23.0 Å². The standard InChI is InChI=1S/C21H22N2O3S.C14H19NO3.C13H18O2.C10H14O.C7H4BrNS.C6H14N2.C3H5ClO.C3H7NO2.Na.H2O/c1-21(2,3)14-4-6-15(7-5-14)25-12-16-11-23(20(24)26-16)18-13-27-19-10-22-9-8-17(18)19;1-14(2,3)10-4-6-11(7-5-10)17-9-12-8-15-13(16)18-12;1-13(2,3)10-4-6-11(7-5-10)14-8-12-9-15-12;1-10(2,3)8-4-6-9(11)7-5-8;8-6-4-10-7-3-9-2-1-5(6)7;7-5-3-1-2-4-6(5)8;4-1-3-2-5-3;1-2-6-3(4)5;;/h4-10,13,16H,11-12H2,1-3H3;4-7,12H,8-9H2,1-3H3,(H,15,16);4-7,12H,8-9H2,1-3H3;4-7,11H,1-3H3;1-4H;5-6H,1-4,7-8H2;3H,1-2H2;2H2,1H3,(H2,4,5);;1H2/q;;;;;;;;+1;/p-1/t16-;2*12-;;;5-,6-;3-;;;/m001..00.../s1. The van der Waals surface area contributed by atoms with Gasteiger partial charge in [0.05, 0.1) is 60.0 Å². The number of amides is 3. The Morgan fingerprint density at radius 1 is 0.618 bits per heavy atom. The summed E-state index contributed by atoms with van der Waals surface area (Å²) >= 11 is 12.0. The van der Waals surface area contributed by atoms with Crippen molar-refractivity contribution in [1.82, 2.24) is 15.3 Å². The molecular formula is C77H104BrClN7NaO13S2. The van der Waals surface area contributed by atoms with E-state index in [0.717, 1.165) is 63.6 Å². The van der Waals surface area contributed by atoms with Crippen LogP contribution in [0.2, 0.25) is 0 Å². The number of alkyl halides is 1. The first-order valence-electron chi connectivity index (χ1n) is 33.7. The summed E-state index contributed by atoms with van der Waals surface area (Å²) in [5, 5.41) is 17.9. The van der Waals surface area contributed by atoms with E-state index in [4.69, 9.17) is 61.3 Å². The number of cyclic esters (lactones) is 2. The third-order valence-corrected chi connectivity index (χ3v) is 19.1. The molecule has 1 aliphatic carbocycles. The Bertz CT molecular complexity index is 3740. The Balaban J connectivity index is 0.000000260. The van der Waals surface area contributed by atoms with Gasteiger partial charge in [0.25, 0.3) is 0 Å². The van der Waals surface area contributed by atoms with Crippen LogP contribution in [-0.2, 0) is 45.3 Å². The molecule has 3 amide bonds. The SMILES string of the molecule is Brc1csc2cnccc12.CC(C)(C)c1ccc(O)cc1.CC(C)(C)c1ccc(OC[C@@H]2CN(c3csc4cnccc34)C(=O)O2)cc1.CC(C)(C)c1ccc(OC[C@@H]2CNC(=O)O2)cc1.CC(C)(C)c1ccc(OC[C@@H]2CO2)cc1.CCOC(N)=O.ClC[C@H]1CO1.N[C@H]1CCCC[C@@H]1N.[Na+].[OH-]. The minimum absolute atomic E-state index is 0. The van der Waals surface area contributed by atoms with Crippen LogP contribution in [0.3, 0.4) is 0 Å². The number of fused-ring (bicyclic) bond motifs is 2. The van der Waals surface area contributed by atoms with Crippen LogP contribution in [0.15, 0.2) is 149 Å². The molecule has 4 saturated heterocycles. The van der Waals surface area contributed by atoms with Gasteiger partial charge in [-0.25, -0.2) is 14.4 Å². The Labute approximate surface area is 646 Å². The monoisotopic (exact) mass is 1540 g/mol. The number of nitrogens with zero attached hydrogens (tertiary/aromatic N) is 3. The Morgan fingerprint density at radius 2 is 1.02 bits per heavy atom. The Morgan fingerprint density at radius 3 is 1.37 bits per heavy atom. The number of nitrogens with two attached hydrogens (primary N) is 3. The summed E-state index contributed by atoms with van der Waals surface area (Å²) in [5.41, 5.74) is 22.5. The quantitative estimate of drug-likeness (QED) is 0.0329. The minimum Gasteiger partial charge on any atom is -0.870 e. The first-order valence-corrected chi connectivity index (χ1v) is 36.8. The molecule has 6 atom stereocenters. The number of ether oxygens (including phenoxy) is 8. The normalized spacial score (nSPS) is 18.5. The fraction of sp³-hybridized carbons (Fsp3) is 0.468. The number of epoxide rings is 2. The van der Waals surface area contributed by atoms with Crippen LogP contribution in [0.5, 0.6) is 23.0 Å². The maximum Gasteiger partial charge on any atom is 1.00 e. The van der Waals surface area contributed by atoms with Crippen LogP contribution in [0.25, 0.3) is 20.2 Å². The molecule has 8 aromatic rings. The van der Waals surface area contributed by atoms with Crippen molar-refractivity contribution >= 4 is 94.3 Å². The fourth-order valence-electron chi connectivity index (χ4n) is 9.59. The van der Waals surface area contributed by atoms with Crippen LogP contribution in [0.4, 0.5) is 20.1 Å². The van der Waals surface area contributed by atoms with Gasteiger partial charge in [0, 0.05) is 62.9 Å². The van der Waals surface area contributed by atoms with E-state index in [1.807, 2.05) is 78.4 Å². The minimum atomic E-state index is -0.711. The Kier molecular flexibility index (Phi) is 36.8. The van der Waals surface area contributed by atoms with Crippen LogP contribution in [-0.4, -0.2) is 134 Å². The van der Waals surface area contributed by atoms with Crippen molar-refractivity contribution in [2.24, 2.45) is 17.2 Å². The predicted octanol–water partition coefficient (Wildman–Crippen LogP) is 13.7. The van der Waals surface area contributed by atoms with Crippen LogP contribution in [0, 0.1) is 0 Å². The van der Waals surface area contributed by atoms with Crippen molar-refractivity contribution in [3.05, 3.63) is 171 Å². The largest absolute Gasteiger partial charge is 1.00 e. The number of aromatic hydroxyl groups is 1. The van der Waals surface area contributed by atoms with E-state index >= 15 is 0 Å². The fourth-order valence-corrected chi connectivity index (χ4v) is 12.2. The van der Waals surface area contributed by atoms with Gasteiger partial charge in [0.1, 0.15) is 48.9 Å².